The summed E-state index contributed by atoms with van der Waals surface area (Å²) < 4.78 is 1.22. The smallest absolute Gasteiger partial charge is 0.264 e. The Hall–Kier alpha value is -2.13. The lowest BCUT2D eigenvalue weighted by molar-refractivity contribution is 0.0612. The summed E-state index contributed by atoms with van der Waals surface area (Å²) in [5.41, 5.74) is 3.73. The molecule has 0 N–H and O–H groups in total. The number of amides is 1. The molecule has 2 nitrogen and oxygen atoms in total. The molecule has 0 spiro atoms. The Bertz CT molecular complexity index is 941. The molecule has 1 fully saturated rings. The molecule has 3 heteroatoms. The van der Waals surface area contributed by atoms with Crippen molar-refractivity contribution >= 4 is 27.3 Å². The first-order valence-corrected chi connectivity index (χ1v) is 10.9. The van der Waals surface area contributed by atoms with Gasteiger partial charge in [-0.15, -0.1) is 11.3 Å². The van der Waals surface area contributed by atoms with Gasteiger partial charge in [-0.1, -0.05) is 55.0 Å². The molecular formula is C24H27NOS. The summed E-state index contributed by atoms with van der Waals surface area (Å²) >= 11 is 1.67. The Morgan fingerprint density at radius 1 is 1.11 bits per heavy atom. The van der Waals surface area contributed by atoms with Crippen LogP contribution in [0, 0.1) is 6.92 Å². The zero-order chi connectivity index (χ0) is 18.8. The molecular weight excluding hydrogens is 350 g/mol. The maximum atomic E-state index is 13.5. The van der Waals surface area contributed by atoms with Crippen LogP contribution in [-0.4, -0.2) is 23.4 Å². The summed E-state index contributed by atoms with van der Waals surface area (Å²) in [7, 11) is 0. The second-order valence-electron chi connectivity index (χ2n) is 7.62. The number of piperidine rings is 1. The van der Waals surface area contributed by atoms with E-state index in [4.69, 9.17) is 0 Å². The van der Waals surface area contributed by atoms with Gasteiger partial charge in [0, 0.05) is 17.3 Å². The summed E-state index contributed by atoms with van der Waals surface area (Å²) in [6.45, 7) is 5.21. The molecule has 3 aromatic rings. The normalized spacial score (nSPS) is 17.4. The minimum Gasteiger partial charge on any atom is -0.335 e. The molecule has 0 radical (unpaired) electrons. The van der Waals surface area contributed by atoms with Crippen molar-refractivity contribution < 1.29 is 4.79 Å². The van der Waals surface area contributed by atoms with Crippen LogP contribution in [0.1, 0.15) is 59.0 Å². The van der Waals surface area contributed by atoms with Crippen molar-refractivity contribution in [2.45, 2.75) is 52.0 Å². The molecule has 1 aliphatic heterocycles. The highest BCUT2D eigenvalue weighted by molar-refractivity contribution is 7.21. The monoisotopic (exact) mass is 377 g/mol. The number of rotatable bonds is 4. The van der Waals surface area contributed by atoms with Crippen LogP contribution in [0.25, 0.3) is 10.1 Å². The molecule has 1 aliphatic rings. The van der Waals surface area contributed by atoms with Gasteiger partial charge in [-0.2, -0.15) is 0 Å². The SMILES string of the molecule is CCC1CCCCN1C(=O)c1sc2ccccc2c1Cc1ccc(C)cc1. The molecule has 1 saturated heterocycles. The van der Waals surface area contributed by atoms with Crippen LogP contribution in [0.15, 0.2) is 48.5 Å². The number of aryl methyl sites for hydroxylation is 1. The first kappa shape index (κ1) is 18.2. The fraction of sp³-hybridized carbons (Fsp3) is 0.375. The van der Waals surface area contributed by atoms with Gasteiger partial charge in [0.1, 0.15) is 0 Å². The molecule has 1 atom stereocenters. The van der Waals surface area contributed by atoms with Crippen LogP contribution < -0.4 is 0 Å². The largest absolute Gasteiger partial charge is 0.335 e. The standard InChI is InChI=1S/C24H27NOS/c1-3-19-8-6-7-15-25(19)24(26)23-21(16-18-13-11-17(2)12-14-18)20-9-4-5-10-22(20)27-23/h4-5,9-14,19H,3,6-8,15-16H2,1-2H3. The molecule has 140 valence electrons. The maximum absolute atomic E-state index is 13.5. The van der Waals surface area contributed by atoms with Crippen molar-refractivity contribution in [1.82, 2.24) is 4.90 Å². The quantitative estimate of drug-likeness (QED) is 0.530. The number of hydrogen-bond donors (Lipinski definition) is 0. The van der Waals surface area contributed by atoms with Crippen LogP contribution in [0.4, 0.5) is 0 Å². The number of carbonyl (C=O) groups excluding carboxylic acids is 1. The third-order valence-electron chi connectivity index (χ3n) is 5.75. The minimum absolute atomic E-state index is 0.241. The summed E-state index contributed by atoms with van der Waals surface area (Å²) in [5, 5.41) is 1.23. The molecule has 0 bridgehead atoms. The summed E-state index contributed by atoms with van der Waals surface area (Å²) in [4.78, 5) is 16.6. The van der Waals surface area contributed by atoms with Crippen molar-refractivity contribution in [2.24, 2.45) is 0 Å². The van der Waals surface area contributed by atoms with Crippen LogP contribution in [0.2, 0.25) is 0 Å². The number of benzene rings is 2. The molecule has 0 aliphatic carbocycles. The maximum Gasteiger partial charge on any atom is 0.264 e. The zero-order valence-corrected chi connectivity index (χ0v) is 17.0. The fourth-order valence-corrected chi connectivity index (χ4v) is 5.36. The molecule has 27 heavy (non-hydrogen) atoms. The van der Waals surface area contributed by atoms with Crippen molar-refractivity contribution in [1.29, 1.82) is 0 Å². The first-order chi connectivity index (χ1) is 13.2. The number of likely N-dealkylation sites (tertiary alicyclic amines) is 1. The van der Waals surface area contributed by atoms with Gasteiger partial charge in [0.05, 0.1) is 4.88 Å². The van der Waals surface area contributed by atoms with Crippen LogP contribution in [-0.2, 0) is 6.42 Å². The lowest BCUT2D eigenvalue weighted by Crippen LogP contribution is -2.43. The summed E-state index contributed by atoms with van der Waals surface area (Å²) in [5.74, 6) is 0.241. The molecule has 1 amide bonds. The molecule has 2 heterocycles. The summed E-state index contributed by atoms with van der Waals surface area (Å²) in [6.07, 6.45) is 5.37. The Kier molecular flexibility index (Phi) is 5.31. The van der Waals surface area contributed by atoms with Crippen LogP contribution in [0.5, 0.6) is 0 Å². The van der Waals surface area contributed by atoms with E-state index in [0.717, 1.165) is 37.1 Å². The number of fused-ring (bicyclic) bond motifs is 1. The molecule has 2 aromatic carbocycles. The predicted octanol–water partition coefficient (Wildman–Crippen LogP) is 6.21. The third kappa shape index (κ3) is 3.66. The van der Waals surface area contributed by atoms with E-state index in [2.05, 4.69) is 67.3 Å². The van der Waals surface area contributed by atoms with Crippen molar-refractivity contribution in [3.8, 4) is 0 Å². The average molecular weight is 378 g/mol. The Labute approximate surface area is 165 Å². The van der Waals surface area contributed by atoms with E-state index in [9.17, 15) is 4.79 Å². The minimum atomic E-state index is 0.241. The van der Waals surface area contributed by atoms with Gasteiger partial charge < -0.3 is 4.90 Å². The van der Waals surface area contributed by atoms with Gasteiger partial charge in [0.2, 0.25) is 0 Å². The highest BCUT2D eigenvalue weighted by Gasteiger charge is 2.29. The van der Waals surface area contributed by atoms with Gasteiger partial charge >= 0.3 is 0 Å². The third-order valence-corrected chi connectivity index (χ3v) is 6.95. The lowest BCUT2D eigenvalue weighted by atomic mass is 9.97. The number of nitrogens with zero attached hydrogens (tertiary/aromatic N) is 1. The number of thiophene rings is 1. The topological polar surface area (TPSA) is 20.3 Å². The van der Waals surface area contributed by atoms with Crippen molar-refractivity contribution in [2.75, 3.05) is 6.54 Å². The van der Waals surface area contributed by atoms with E-state index in [0.29, 0.717) is 6.04 Å². The Balaban J connectivity index is 1.75. The van der Waals surface area contributed by atoms with Crippen molar-refractivity contribution in [3.63, 3.8) is 0 Å². The number of carbonyl (C=O) groups is 1. The fourth-order valence-electron chi connectivity index (χ4n) is 4.18. The van der Waals surface area contributed by atoms with E-state index < -0.39 is 0 Å². The van der Waals surface area contributed by atoms with Gasteiger partial charge in [-0.05, 0) is 61.6 Å². The van der Waals surface area contributed by atoms with Crippen LogP contribution >= 0.6 is 11.3 Å². The highest BCUT2D eigenvalue weighted by atomic mass is 32.1. The van der Waals surface area contributed by atoms with E-state index >= 15 is 0 Å². The average Bonchev–Trinajstić information content (AvgIpc) is 3.07. The van der Waals surface area contributed by atoms with E-state index in [1.54, 1.807) is 11.3 Å². The highest BCUT2D eigenvalue weighted by Crippen LogP contribution is 2.35. The van der Waals surface area contributed by atoms with Gasteiger partial charge in [0.25, 0.3) is 5.91 Å². The van der Waals surface area contributed by atoms with Gasteiger partial charge in [-0.25, -0.2) is 0 Å². The van der Waals surface area contributed by atoms with E-state index in [-0.39, 0.29) is 5.91 Å². The molecule has 0 saturated carbocycles. The summed E-state index contributed by atoms with van der Waals surface area (Å²) in [6, 6.07) is 17.5. The van der Waals surface area contributed by atoms with Crippen molar-refractivity contribution in [3.05, 3.63) is 70.1 Å². The Morgan fingerprint density at radius 3 is 2.67 bits per heavy atom. The number of hydrogen-bond acceptors (Lipinski definition) is 2. The first-order valence-electron chi connectivity index (χ1n) is 10.0. The Morgan fingerprint density at radius 2 is 1.89 bits per heavy atom. The zero-order valence-electron chi connectivity index (χ0n) is 16.2. The van der Waals surface area contributed by atoms with Crippen LogP contribution in [0.3, 0.4) is 0 Å². The van der Waals surface area contributed by atoms with E-state index in [1.165, 1.54) is 33.2 Å². The molecule has 4 rings (SSSR count). The lowest BCUT2D eigenvalue weighted by Gasteiger charge is -2.35. The second kappa shape index (κ2) is 7.85. The second-order valence-corrected chi connectivity index (χ2v) is 8.68. The predicted molar refractivity (Wildman–Crippen MR) is 115 cm³/mol. The van der Waals surface area contributed by atoms with E-state index in [1.807, 2.05) is 0 Å². The molecule has 1 unspecified atom stereocenters. The van der Waals surface area contributed by atoms with Gasteiger partial charge in [0.15, 0.2) is 0 Å². The van der Waals surface area contributed by atoms with Gasteiger partial charge in [-0.3, -0.25) is 4.79 Å². The molecule has 1 aromatic heterocycles.